The minimum Gasteiger partial charge on any atom is -0.497 e. The van der Waals surface area contributed by atoms with E-state index >= 15 is 0 Å². The number of hydrogen-bond donors (Lipinski definition) is 1. The topological polar surface area (TPSA) is 91.5 Å². The molecule has 30 heavy (non-hydrogen) atoms. The molecule has 8 nitrogen and oxygen atoms in total. The van der Waals surface area contributed by atoms with Crippen LogP contribution in [0.25, 0.3) is 0 Å². The van der Waals surface area contributed by atoms with Crippen LogP contribution in [0.1, 0.15) is 19.4 Å². The average molecular weight is 427 g/mol. The lowest BCUT2D eigenvalue weighted by atomic mass is 10.1. The number of hydrogen-bond acceptors (Lipinski definition) is 5. The summed E-state index contributed by atoms with van der Waals surface area (Å²) in [6, 6.07) is 7.32. The second kappa shape index (κ2) is 9.22. The predicted molar refractivity (Wildman–Crippen MR) is 119 cm³/mol. The molecule has 0 aliphatic carbocycles. The molecule has 1 aliphatic heterocycles. The van der Waals surface area contributed by atoms with Gasteiger partial charge in [0.2, 0.25) is 0 Å². The molecule has 3 rings (SSSR count). The predicted octanol–water partition coefficient (Wildman–Crippen LogP) is 3.09. The minimum atomic E-state index is -0.339. The SMILES string of the molecule is COc1ccc(CCN2CC(=O)N(c3cnn(C/C(C(C)=N)=C(\C)P)c3)C2=O)cc1. The van der Waals surface area contributed by atoms with Gasteiger partial charge in [-0.25, -0.2) is 9.69 Å². The number of imide groups is 1. The Morgan fingerprint density at radius 1 is 1.23 bits per heavy atom. The highest BCUT2D eigenvalue weighted by Gasteiger charge is 2.37. The van der Waals surface area contributed by atoms with Gasteiger partial charge in [0.1, 0.15) is 12.3 Å². The van der Waals surface area contributed by atoms with Gasteiger partial charge in [-0.3, -0.25) is 9.48 Å². The van der Waals surface area contributed by atoms with Crippen molar-refractivity contribution in [2.75, 3.05) is 25.1 Å². The third kappa shape index (κ3) is 4.76. The largest absolute Gasteiger partial charge is 0.497 e. The van der Waals surface area contributed by atoms with E-state index < -0.39 is 0 Å². The lowest BCUT2D eigenvalue weighted by Crippen LogP contribution is -2.33. The molecule has 0 radical (unpaired) electrons. The summed E-state index contributed by atoms with van der Waals surface area (Å²) in [5.41, 5.74) is 2.81. The summed E-state index contributed by atoms with van der Waals surface area (Å²) in [7, 11) is 4.22. The van der Waals surface area contributed by atoms with Crippen LogP contribution in [0.2, 0.25) is 0 Å². The van der Waals surface area contributed by atoms with Crippen molar-refractivity contribution in [2.24, 2.45) is 0 Å². The molecule has 1 aromatic carbocycles. The van der Waals surface area contributed by atoms with E-state index in [2.05, 4.69) is 14.3 Å². The Bertz CT molecular complexity index is 992. The first-order valence-electron chi connectivity index (χ1n) is 9.58. The summed E-state index contributed by atoms with van der Waals surface area (Å²) in [6.07, 6.45) is 3.83. The van der Waals surface area contributed by atoms with E-state index in [4.69, 9.17) is 10.1 Å². The van der Waals surface area contributed by atoms with E-state index in [0.717, 1.165) is 22.2 Å². The first kappa shape index (κ1) is 21.7. The number of nitrogens with zero attached hydrogens (tertiary/aromatic N) is 4. The Morgan fingerprint density at radius 2 is 1.93 bits per heavy atom. The van der Waals surface area contributed by atoms with Crippen molar-refractivity contribution >= 4 is 32.6 Å². The van der Waals surface area contributed by atoms with E-state index in [1.54, 1.807) is 29.8 Å². The van der Waals surface area contributed by atoms with Crippen LogP contribution in [0.4, 0.5) is 10.5 Å². The summed E-state index contributed by atoms with van der Waals surface area (Å²) < 4.78 is 6.79. The van der Waals surface area contributed by atoms with Crippen LogP contribution in [0.15, 0.2) is 47.5 Å². The molecular weight excluding hydrogens is 401 g/mol. The number of aromatic nitrogens is 2. The van der Waals surface area contributed by atoms with E-state index in [-0.39, 0.29) is 18.5 Å². The second-order valence-corrected chi connectivity index (χ2v) is 8.08. The molecular formula is C21H26N5O3P. The molecule has 1 fully saturated rings. The number of carbonyl (C=O) groups is 2. The van der Waals surface area contributed by atoms with E-state index in [9.17, 15) is 9.59 Å². The number of anilines is 1. The first-order chi connectivity index (χ1) is 14.3. The zero-order chi connectivity index (χ0) is 21.8. The lowest BCUT2D eigenvalue weighted by molar-refractivity contribution is -0.116. The second-order valence-electron chi connectivity index (χ2n) is 7.21. The Morgan fingerprint density at radius 3 is 2.53 bits per heavy atom. The number of rotatable bonds is 8. The van der Waals surface area contributed by atoms with Crippen LogP contribution in [0, 0.1) is 5.41 Å². The average Bonchev–Trinajstić information content (AvgIpc) is 3.27. The fraction of sp³-hybridized carbons (Fsp3) is 0.333. The number of amides is 3. The van der Waals surface area contributed by atoms with Gasteiger partial charge >= 0.3 is 6.03 Å². The van der Waals surface area contributed by atoms with Crippen molar-refractivity contribution in [3.63, 3.8) is 0 Å². The van der Waals surface area contributed by atoms with Gasteiger partial charge in [0.05, 0.1) is 25.5 Å². The van der Waals surface area contributed by atoms with Crippen molar-refractivity contribution in [3.8, 4) is 5.75 Å². The smallest absolute Gasteiger partial charge is 0.331 e. The van der Waals surface area contributed by atoms with Gasteiger partial charge in [-0.15, -0.1) is 9.24 Å². The minimum absolute atomic E-state index is 0.0512. The zero-order valence-electron chi connectivity index (χ0n) is 17.4. The van der Waals surface area contributed by atoms with Gasteiger partial charge in [-0.05, 0) is 48.9 Å². The fourth-order valence-electron chi connectivity index (χ4n) is 3.29. The number of urea groups is 1. The summed E-state index contributed by atoms with van der Waals surface area (Å²) in [5, 5.41) is 13.1. The number of nitrogens with one attached hydrogen (secondary N) is 1. The number of ether oxygens (including phenoxy) is 1. The maximum Gasteiger partial charge on any atom is 0.331 e. The van der Waals surface area contributed by atoms with Gasteiger partial charge in [-0.2, -0.15) is 5.10 Å². The van der Waals surface area contributed by atoms with Crippen LogP contribution in [0.3, 0.4) is 0 Å². The molecule has 2 heterocycles. The monoisotopic (exact) mass is 427 g/mol. The third-order valence-electron chi connectivity index (χ3n) is 4.99. The Labute approximate surface area is 178 Å². The van der Waals surface area contributed by atoms with Crippen molar-refractivity contribution < 1.29 is 14.3 Å². The normalized spacial score (nSPS) is 14.9. The van der Waals surface area contributed by atoms with Crippen molar-refractivity contribution in [1.29, 1.82) is 5.41 Å². The summed E-state index contributed by atoms with van der Waals surface area (Å²) in [6.45, 7) is 4.55. The number of methoxy groups -OCH3 is 1. The van der Waals surface area contributed by atoms with Crippen molar-refractivity contribution in [1.82, 2.24) is 14.7 Å². The molecule has 0 spiro atoms. The Hall–Kier alpha value is -2.99. The van der Waals surface area contributed by atoms with Crippen LogP contribution >= 0.6 is 9.24 Å². The highest BCUT2D eigenvalue weighted by atomic mass is 31.0. The van der Waals surface area contributed by atoms with Gasteiger partial charge < -0.3 is 15.0 Å². The van der Waals surface area contributed by atoms with Gasteiger partial charge in [0, 0.05) is 18.5 Å². The van der Waals surface area contributed by atoms with Gasteiger partial charge in [0.25, 0.3) is 5.91 Å². The van der Waals surface area contributed by atoms with Crippen LogP contribution < -0.4 is 9.64 Å². The molecule has 9 heteroatoms. The van der Waals surface area contributed by atoms with Crippen LogP contribution in [-0.4, -0.2) is 52.5 Å². The molecule has 0 saturated carbocycles. The summed E-state index contributed by atoms with van der Waals surface area (Å²) in [4.78, 5) is 28.0. The maximum absolute atomic E-state index is 12.8. The molecule has 3 amide bonds. The summed E-state index contributed by atoms with van der Waals surface area (Å²) in [5.74, 6) is 0.512. The molecule has 1 saturated heterocycles. The first-order valence-corrected chi connectivity index (χ1v) is 10.2. The Kier molecular flexibility index (Phi) is 6.67. The molecule has 0 bridgehead atoms. The maximum atomic E-state index is 12.8. The molecule has 1 N–H and O–H groups in total. The Balaban J connectivity index is 1.66. The number of carbonyl (C=O) groups excluding carboxylic acids is 2. The number of benzene rings is 1. The fourth-order valence-corrected chi connectivity index (χ4v) is 3.60. The van der Waals surface area contributed by atoms with Crippen molar-refractivity contribution in [2.45, 2.75) is 26.8 Å². The quantitative estimate of drug-likeness (QED) is 0.398. The zero-order valence-corrected chi connectivity index (χ0v) is 18.5. The molecule has 1 aromatic heterocycles. The number of allylic oxidation sites excluding steroid dienone is 2. The van der Waals surface area contributed by atoms with Crippen LogP contribution in [0.5, 0.6) is 5.75 Å². The highest BCUT2D eigenvalue weighted by Crippen LogP contribution is 2.22. The van der Waals surface area contributed by atoms with E-state index in [1.165, 1.54) is 11.1 Å². The van der Waals surface area contributed by atoms with E-state index in [1.807, 2.05) is 31.2 Å². The standard InChI is InChI=1S/C21H26N5O3P/c1-14(22)19(15(2)30)12-25-11-17(10-23-25)26-20(27)13-24(21(26)28)9-8-16-4-6-18(29-3)7-5-16/h4-7,10-11,22H,8-9,12-13,30H2,1-3H3/b19-15-,22-14?. The lowest BCUT2D eigenvalue weighted by Gasteiger charge is -2.16. The van der Waals surface area contributed by atoms with Crippen LogP contribution in [-0.2, 0) is 17.8 Å². The van der Waals surface area contributed by atoms with Gasteiger partial charge in [-0.1, -0.05) is 12.1 Å². The highest BCUT2D eigenvalue weighted by molar-refractivity contribution is 7.22. The molecule has 158 valence electrons. The van der Waals surface area contributed by atoms with Crippen molar-refractivity contribution in [3.05, 3.63) is 53.1 Å². The molecule has 1 atom stereocenters. The van der Waals surface area contributed by atoms with E-state index in [0.29, 0.717) is 30.9 Å². The molecule has 1 unspecified atom stereocenters. The third-order valence-corrected chi connectivity index (χ3v) is 5.34. The van der Waals surface area contributed by atoms with Gasteiger partial charge in [0.15, 0.2) is 0 Å². The molecule has 2 aromatic rings. The molecule has 1 aliphatic rings. The summed E-state index contributed by atoms with van der Waals surface area (Å²) >= 11 is 0.